The molecular formula is C19H20N2O5. The molecule has 0 radical (unpaired) electrons. The zero-order valence-electron chi connectivity index (χ0n) is 14.6. The molecule has 7 heteroatoms. The van der Waals surface area contributed by atoms with Crippen LogP contribution < -0.4 is 20.3 Å². The molecule has 0 bridgehead atoms. The molecule has 0 fully saturated rings. The summed E-state index contributed by atoms with van der Waals surface area (Å²) < 4.78 is 16.3. The van der Waals surface area contributed by atoms with Crippen molar-refractivity contribution in [3.63, 3.8) is 0 Å². The highest BCUT2D eigenvalue weighted by atomic mass is 16.5. The van der Waals surface area contributed by atoms with E-state index in [0.717, 1.165) is 23.3 Å². The topological polar surface area (TPSA) is 89.8 Å². The second-order valence-corrected chi connectivity index (χ2v) is 5.82. The third-order valence-corrected chi connectivity index (χ3v) is 3.79. The van der Waals surface area contributed by atoms with Crippen LogP contribution in [-0.4, -0.2) is 24.5 Å². The van der Waals surface area contributed by atoms with Gasteiger partial charge < -0.3 is 13.9 Å². The lowest BCUT2D eigenvalue weighted by molar-refractivity contribution is -0.117. The first-order chi connectivity index (χ1) is 12.6. The predicted molar refractivity (Wildman–Crippen MR) is 94.8 cm³/mol. The number of carbonyl (C=O) groups is 2. The van der Waals surface area contributed by atoms with Gasteiger partial charge in [-0.2, -0.15) is 0 Å². The van der Waals surface area contributed by atoms with Crippen LogP contribution in [0.2, 0.25) is 0 Å². The molecule has 1 aliphatic heterocycles. The lowest BCUT2D eigenvalue weighted by Crippen LogP contribution is -2.40. The lowest BCUT2D eigenvalue weighted by Gasteiger charge is -2.10. The second-order valence-electron chi connectivity index (χ2n) is 5.82. The van der Waals surface area contributed by atoms with Gasteiger partial charge in [0.05, 0.1) is 12.9 Å². The fourth-order valence-corrected chi connectivity index (χ4v) is 2.66. The highest BCUT2D eigenvalue weighted by Crippen LogP contribution is 2.35. The summed E-state index contributed by atoms with van der Waals surface area (Å²) in [6.45, 7) is 4.42. The smallest absolute Gasteiger partial charge is 0.305 e. The summed E-state index contributed by atoms with van der Waals surface area (Å²) in [6, 6.07) is 6.88. The number of hydrazine groups is 1. The molecule has 7 nitrogen and oxygen atoms in total. The Kier molecular flexibility index (Phi) is 5.26. The zero-order chi connectivity index (χ0) is 18.5. The van der Waals surface area contributed by atoms with E-state index in [2.05, 4.69) is 10.9 Å². The maximum atomic E-state index is 11.9. The molecule has 1 atom stereocenters. The molecule has 1 aromatic carbocycles. The van der Waals surface area contributed by atoms with Crippen molar-refractivity contribution in [2.75, 3.05) is 6.61 Å². The van der Waals surface area contributed by atoms with E-state index in [1.807, 2.05) is 26.0 Å². The van der Waals surface area contributed by atoms with Crippen LogP contribution in [0.5, 0.6) is 11.5 Å². The quantitative estimate of drug-likeness (QED) is 0.634. The fraction of sp³-hybridized carbons (Fsp3) is 0.263. The summed E-state index contributed by atoms with van der Waals surface area (Å²) >= 11 is 0. The number of hydrogen-bond acceptors (Lipinski definition) is 5. The first-order valence-corrected chi connectivity index (χ1v) is 8.35. The predicted octanol–water partition coefficient (Wildman–Crippen LogP) is 2.48. The monoisotopic (exact) mass is 356 g/mol. The molecule has 0 saturated carbocycles. The Morgan fingerprint density at radius 2 is 2.19 bits per heavy atom. The summed E-state index contributed by atoms with van der Waals surface area (Å²) in [6.07, 6.45) is 5.26. The van der Waals surface area contributed by atoms with E-state index in [4.69, 9.17) is 13.9 Å². The van der Waals surface area contributed by atoms with Crippen LogP contribution in [-0.2, 0) is 11.2 Å². The van der Waals surface area contributed by atoms with Gasteiger partial charge in [0.15, 0.2) is 5.76 Å². The molecular weight excluding hydrogens is 336 g/mol. The van der Waals surface area contributed by atoms with Crippen LogP contribution in [0.25, 0.3) is 6.08 Å². The number of ether oxygens (including phenoxy) is 2. The molecule has 2 heterocycles. The highest BCUT2D eigenvalue weighted by molar-refractivity contribution is 5.96. The number of carbonyl (C=O) groups excluding carboxylic acids is 2. The van der Waals surface area contributed by atoms with Crippen LogP contribution in [0.15, 0.2) is 41.0 Å². The third-order valence-electron chi connectivity index (χ3n) is 3.79. The van der Waals surface area contributed by atoms with Crippen molar-refractivity contribution in [2.45, 2.75) is 26.4 Å². The summed E-state index contributed by atoms with van der Waals surface area (Å²) in [5.41, 5.74) is 6.38. The van der Waals surface area contributed by atoms with Crippen LogP contribution >= 0.6 is 0 Å². The largest absolute Gasteiger partial charge is 0.493 e. The van der Waals surface area contributed by atoms with Gasteiger partial charge in [0.2, 0.25) is 0 Å². The van der Waals surface area contributed by atoms with Gasteiger partial charge in [-0.15, -0.1) is 0 Å². The van der Waals surface area contributed by atoms with E-state index in [9.17, 15) is 9.59 Å². The molecule has 0 aliphatic carbocycles. The van der Waals surface area contributed by atoms with Gasteiger partial charge in [-0.25, -0.2) is 0 Å². The Bertz CT molecular complexity index is 827. The summed E-state index contributed by atoms with van der Waals surface area (Å²) in [4.78, 5) is 23.6. The maximum absolute atomic E-state index is 11.9. The number of hydrogen-bond donors (Lipinski definition) is 2. The van der Waals surface area contributed by atoms with Gasteiger partial charge in [0.25, 0.3) is 5.91 Å². The van der Waals surface area contributed by atoms with Crippen molar-refractivity contribution >= 4 is 17.9 Å². The molecule has 0 unspecified atom stereocenters. The van der Waals surface area contributed by atoms with Gasteiger partial charge in [-0.1, -0.05) is 0 Å². The fourth-order valence-electron chi connectivity index (χ4n) is 2.66. The first kappa shape index (κ1) is 17.6. The normalized spacial score (nSPS) is 15.4. The highest BCUT2D eigenvalue weighted by Gasteiger charge is 2.21. The SMILES string of the molecule is CCOc1cc2c(cc1/C=C/C(=O)NNC(=O)c1ccco1)O[C@@H](C)C2. The Morgan fingerprint density at radius 3 is 2.92 bits per heavy atom. The lowest BCUT2D eigenvalue weighted by atomic mass is 10.1. The van der Waals surface area contributed by atoms with Gasteiger partial charge >= 0.3 is 5.91 Å². The van der Waals surface area contributed by atoms with Crippen LogP contribution in [0, 0.1) is 0 Å². The van der Waals surface area contributed by atoms with Crippen molar-refractivity contribution in [1.29, 1.82) is 0 Å². The number of furan rings is 1. The summed E-state index contributed by atoms with van der Waals surface area (Å²) in [7, 11) is 0. The number of fused-ring (bicyclic) bond motifs is 1. The van der Waals surface area contributed by atoms with Crippen molar-refractivity contribution in [3.05, 3.63) is 53.5 Å². The van der Waals surface area contributed by atoms with Crippen LogP contribution in [0.1, 0.15) is 35.5 Å². The number of rotatable bonds is 5. The van der Waals surface area contributed by atoms with E-state index in [-0.39, 0.29) is 11.9 Å². The van der Waals surface area contributed by atoms with Crippen molar-refractivity contribution in [2.24, 2.45) is 0 Å². The zero-order valence-corrected chi connectivity index (χ0v) is 14.6. The third kappa shape index (κ3) is 4.05. The molecule has 0 spiro atoms. The van der Waals surface area contributed by atoms with Crippen molar-refractivity contribution in [1.82, 2.24) is 10.9 Å². The van der Waals surface area contributed by atoms with E-state index in [1.54, 1.807) is 12.1 Å². The van der Waals surface area contributed by atoms with Crippen LogP contribution in [0.3, 0.4) is 0 Å². The van der Waals surface area contributed by atoms with E-state index < -0.39 is 11.8 Å². The average Bonchev–Trinajstić information content (AvgIpc) is 3.26. The molecule has 0 saturated heterocycles. The van der Waals surface area contributed by atoms with E-state index in [1.165, 1.54) is 18.4 Å². The van der Waals surface area contributed by atoms with E-state index in [0.29, 0.717) is 12.4 Å². The summed E-state index contributed by atoms with van der Waals surface area (Å²) in [5, 5.41) is 0. The number of amides is 2. The Labute approximate surface area is 150 Å². The van der Waals surface area contributed by atoms with Crippen molar-refractivity contribution < 1.29 is 23.5 Å². The molecule has 26 heavy (non-hydrogen) atoms. The minimum atomic E-state index is -0.535. The Balaban J connectivity index is 1.66. The molecule has 136 valence electrons. The summed E-state index contributed by atoms with van der Waals surface area (Å²) in [5.74, 6) is 0.575. The average molecular weight is 356 g/mol. The van der Waals surface area contributed by atoms with E-state index >= 15 is 0 Å². The second kappa shape index (κ2) is 7.77. The molecule has 2 amide bonds. The van der Waals surface area contributed by atoms with Gasteiger partial charge in [0, 0.05) is 23.6 Å². The molecule has 2 N–H and O–H groups in total. The van der Waals surface area contributed by atoms with Gasteiger partial charge in [-0.3, -0.25) is 20.4 Å². The Morgan fingerprint density at radius 1 is 1.35 bits per heavy atom. The molecule has 2 aromatic rings. The first-order valence-electron chi connectivity index (χ1n) is 8.35. The molecule has 3 rings (SSSR count). The standard InChI is InChI=1S/C19H20N2O5/c1-3-24-16-11-14-9-12(2)26-17(14)10-13(16)6-7-18(22)20-21-19(23)15-5-4-8-25-15/h4-8,10-12H,3,9H2,1-2H3,(H,20,22)(H,21,23)/b7-6+/t12-/m0/s1. The van der Waals surface area contributed by atoms with Gasteiger partial charge in [0.1, 0.15) is 17.6 Å². The van der Waals surface area contributed by atoms with Crippen molar-refractivity contribution in [3.8, 4) is 11.5 Å². The minimum Gasteiger partial charge on any atom is -0.493 e. The number of nitrogens with one attached hydrogen (secondary N) is 2. The minimum absolute atomic E-state index is 0.109. The molecule has 1 aromatic heterocycles. The van der Waals surface area contributed by atoms with Gasteiger partial charge in [-0.05, 0) is 44.2 Å². The van der Waals surface area contributed by atoms with Crippen LogP contribution in [0.4, 0.5) is 0 Å². The maximum Gasteiger partial charge on any atom is 0.305 e. The Hall–Kier alpha value is -3.22. The number of benzene rings is 1. The molecule has 1 aliphatic rings.